The molecule has 1 radical (unpaired) electrons. The molecule has 0 saturated heterocycles. The fourth-order valence-electron chi connectivity index (χ4n) is 1.18. The largest absolute Gasteiger partial charge is 0.444 e. The summed E-state index contributed by atoms with van der Waals surface area (Å²) in [5, 5.41) is 2.50. The van der Waals surface area contributed by atoms with Crippen molar-refractivity contribution in [3.63, 3.8) is 0 Å². The summed E-state index contributed by atoms with van der Waals surface area (Å²) < 4.78 is 5.06. The van der Waals surface area contributed by atoms with Crippen LogP contribution in [0.3, 0.4) is 0 Å². The average molecular weight is 228 g/mol. The molecule has 1 atom stereocenters. The molecule has 0 heterocycles. The summed E-state index contributed by atoms with van der Waals surface area (Å²) in [6.07, 6.45) is 1.77. The summed E-state index contributed by atoms with van der Waals surface area (Å²) in [4.78, 5) is 22.1. The Bertz CT molecular complexity index is 248. The van der Waals surface area contributed by atoms with Gasteiger partial charge in [-0.25, -0.2) is 4.79 Å². The molecule has 0 aliphatic rings. The van der Waals surface area contributed by atoms with Gasteiger partial charge in [0.05, 0.1) is 6.04 Å². The summed E-state index contributed by atoms with van der Waals surface area (Å²) in [6, 6.07) is -0.616. The molecule has 0 rings (SSSR count). The summed E-state index contributed by atoms with van der Waals surface area (Å²) >= 11 is 0. The van der Waals surface area contributed by atoms with E-state index >= 15 is 0 Å². The van der Waals surface area contributed by atoms with Crippen LogP contribution in [0, 0.1) is 5.41 Å². The third-order valence-electron chi connectivity index (χ3n) is 1.65. The molecule has 1 amide bonds. The number of carbonyl (C=O) groups excluding carboxylic acids is 2. The van der Waals surface area contributed by atoms with Crippen molar-refractivity contribution < 1.29 is 14.3 Å². The van der Waals surface area contributed by atoms with Crippen molar-refractivity contribution in [2.45, 2.75) is 59.6 Å². The molecule has 4 nitrogen and oxygen atoms in total. The van der Waals surface area contributed by atoms with Gasteiger partial charge in [-0.15, -0.1) is 0 Å². The average Bonchev–Trinajstić information content (AvgIpc) is 1.96. The van der Waals surface area contributed by atoms with E-state index in [4.69, 9.17) is 4.74 Å². The van der Waals surface area contributed by atoms with Crippen LogP contribution in [-0.2, 0) is 9.53 Å². The van der Waals surface area contributed by atoms with Crippen LogP contribution in [-0.4, -0.2) is 24.0 Å². The molecule has 4 heteroatoms. The zero-order valence-electron chi connectivity index (χ0n) is 11.0. The smallest absolute Gasteiger partial charge is 0.408 e. The lowest BCUT2D eigenvalue weighted by molar-refractivity contribution is 0.0509. The van der Waals surface area contributed by atoms with Crippen LogP contribution < -0.4 is 5.32 Å². The van der Waals surface area contributed by atoms with E-state index in [1.807, 2.05) is 27.1 Å². The highest BCUT2D eigenvalue weighted by atomic mass is 16.6. The first-order chi connectivity index (χ1) is 7.03. The SMILES string of the molecule is CC(C)(C)C[C@H]([C]=O)NC(=O)OC(C)(C)C. The summed E-state index contributed by atoms with van der Waals surface area (Å²) in [6.45, 7) is 11.3. The van der Waals surface area contributed by atoms with Crippen molar-refractivity contribution in [2.75, 3.05) is 0 Å². The Morgan fingerprint density at radius 2 is 1.75 bits per heavy atom. The van der Waals surface area contributed by atoms with E-state index < -0.39 is 17.7 Å². The predicted octanol–water partition coefficient (Wildman–Crippen LogP) is 2.43. The van der Waals surface area contributed by atoms with Crippen LogP contribution in [0.25, 0.3) is 0 Å². The first kappa shape index (κ1) is 14.9. The van der Waals surface area contributed by atoms with E-state index in [1.54, 1.807) is 20.8 Å². The fraction of sp³-hybridized carbons (Fsp3) is 0.833. The van der Waals surface area contributed by atoms with Gasteiger partial charge in [0, 0.05) is 0 Å². The number of ether oxygens (including phenoxy) is 1. The highest BCUT2D eigenvalue weighted by Gasteiger charge is 2.23. The third kappa shape index (κ3) is 8.26. The van der Waals surface area contributed by atoms with Gasteiger partial charge in [-0.2, -0.15) is 0 Å². The van der Waals surface area contributed by atoms with Gasteiger partial charge in [0.15, 0.2) is 0 Å². The predicted molar refractivity (Wildman–Crippen MR) is 62.9 cm³/mol. The molecule has 0 saturated carbocycles. The van der Waals surface area contributed by atoms with Gasteiger partial charge in [-0.05, 0) is 32.6 Å². The molecule has 0 aliphatic carbocycles. The van der Waals surface area contributed by atoms with Crippen LogP contribution in [0.1, 0.15) is 48.0 Å². The number of carbonyl (C=O) groups is 1. The number of nitrogens with one attached hydrogen (secondary N) is 1. The Kier molecular flexibility index (Phi) is 4.97. The minimum atomic E-state index is -0.616. The number of amides is 1. The quantitative estimate of drug-likeness (QED) is 0.807. The molecule has 0 aromatic carbocycles. The van der Waals surface area contributed by atoms with E-state index in [0.717, 1.165) is 0 Å². The Morgan fingerprint density at radius 3 is 2.06 bits per heavy atom. The van der Waals surface area contributed by atoms with Gasteiger partial charge >= 0.3 is 6.09 Å². The van der Waals surface area contributed by atoms with Crippen molar-refractivity contribution in [2.24, 2.45) is 5.41 Å². The van der Waals surface area contributed by atoms with Gasteiger partial charge in [-0.3, -0.25) is 4.79 Å². The lowest BCUT2D eigenvalue weighted by Crippen LogP contribution is -2.41. The van der Waals surface area contributed by atoms with Gasteiger partial charge in [-0.1, -0.05) is 20.8 Å². The lowest BCUT2D eigenvalue weighted by atomic mass is 9.88. The van der Waals surface area contributed by atoms with Crippen molar-refractivity contribution in [3.8, 4) is 0 Å². The minimum Gasteiger partial charge on any atom is -0.444 e. The molecule has 0 spiro atoms. The van der Waals surface area contributed by atoms with Crippen molar-refractivity contribution in [3.05, 3.63) is 0 Å². The molecule has 1 N–H and O–H groups in total. The number of hydrogen-bond acceptors (Lipinski definition) is 3. The Morgan fingerprint density at radius 1 is 1.25 bits per heavy atom. The monoisotopic (exact) mass is 228 g/mol. The van der Waals surface area contributed by atoms with Crippen LogP contribution in [0.5, 0.6) is 0 Å². The highest BCUT2D eigenvalue weighted by Crippen LogP contribution is 2.20. The normalized spacial score (nSPS) is 14.1. The standard InChI is InChI=1S/C12H22NO3/c1-11(2,3)7-9(8-14)13-10(15)16-12(4,5)6/h9H,7H2,1-6H3,(H,13,15)/t9-/m1/s1. The maximum Gasteiger partial charge on any atom is 0.408 e. The molecule has 0 aromatic rings. The number of hydrogen-bond donors (Lipinski definition) is 1. The molecule has 0 aliphatic heterocycles. The van der Waals surface area contributed by atoms with Crippen molar-refractivity contribution in [1.82, 2.24) is 5.32 Å². The first-order valence-corrected chi connectivity index (χ1v) is 5.41. The molecule has 16 heavy (non-hydrogen) atoms. The molecule has 0 aromatic heterocycles. The zero-order valence-corrected chi connectivity index (χ0v) is 11.0. The maximum atomic E-state index is 11.4. The second kappa shape index (κ2) is 5.32. The Hall–Kier alpha value is -1.06. The minimum absolute atomic E-state index is 0.0446. The highest BCUT2D eigenvalue weighted by molar-refractivity contribution is 5.73. The second-order valence-electron chi connectivity index (χ2n) is 6.08. The van der Waals surface area contributed by atoms with Crippen LogP contribution in [0.4, 0.5) is 4.79 Å². The van der Waals surface area contributed by atoms with E-state index in [9.17, 15) is 9.59 Å². The summed E-state index contributed by atoms with van der Waals surface area (Å²) in [7, 11) is 0. The maximum absolute atomic E-state index is 11.4. The zero-order chi connectivity index (χ0) is 13.0. The topological polar surface area (TPSA) is 55.4 Å². The first-order valence-electron chi connectivity index (χ1n) is 5.41. The molecular formula is C12H22NO3. The number of alkyl carbamates (subject to hydrolysis) is 1. The molecule has 0 bridgehead atoms. The van der Waals surface area contributed by atoms with Gasteiger partial charge in [0.25, 0.3) is 0 Å². The van der Waals surface area contributed by atoms with Gasteiger partial charge < -0.3 is 10.1 Å². The van der Waals surface area contributed by atoms with Crippen molar-refractivity contribution >= 4 is 12.4 Å². The molecule has 0 fully saturated rings. The van der Waals surface area contributed by atoms with E-state index in [0.29, 0.717) is 6.42 Å². The van der Waals surface area contributed by atoms with E-state index in [1.165, 1.54) is 0 Å². The third-order valence-corrected chi connectivity index (χ3v) is 1.65. The van der Waals surface area contributed by atoms with Crippen LogP contribution in [0.15, 0.2) is 0 Å². The summed E-state index contributed by atoms with van der Waals surface area (Å²) in [5.74, 6) is 0. The van der Waals surface area contributed by atoms with Crippen molar-refractivity contribution in [1.29, 1.82) is 0 Å². The van der Waals surface area contributed by atoms with Crippen LogP contribution >= 0.6 is 0 Å². The summed E-state index contributed by atoms with van der Waals surface area (Å²) in [5.41, 5.74) is -0.601. The Balaban J connectivity index is 4.24. The van der Waals surface area contributed by atoms with Gasteiger partial charge in [0.2, 0.25) is 6.29 Å². The van der Waals surface area contributed by atoms with E-state index in [-0.39, 0.29) is 5.41 Å². The fourth-order valence-corrected chi connectivity index (χ4v) is 1.18. The second-order valence-corrected chi connectivity index (χ2v) is 6.08. The molecule has 93 valence electrons. The van der Waals surface area contributed by atoms with E-state index in [2.05, 4.69) is 5.32 Å². The van der Waals surface area contributed by atoms with Crippen LogP contribution in [0.2, 0.25) is 0 Å². The number of rotatable bonds is 3. The Labute approximate surface area is 97.7 Å². The molecule has 0 unspecified atom stereocenters. The van der Waals surface area contributed by atoms with Gasteiger partial charge in [0.1, 0.15) is 5.60 Å². The molecular weight excluding hydrogens is 206 g/mol. The lowest BCUT2D eigenvalue weighted by Gasteiger charge is -2.24.